The summed E-state index contributed by atoms with van der Waals surface area (Å²) in [6.07, 6.45) is 0. The molecule has 2 aromatic carbocycles. The van der Waals surface area contributed by atoms with E-state index >= 15 is 0 Å². The van der Waals surface area contributed by atoms with Crippen LogP contribution in [0.3, 0.4) is 0 Å². The fraction of sp³-hybridized carbons (Fsp3) is 0.286. The standard InChI is InChI=1S/C21H23N3O4/c1-21(2,15-8-6-5-7-9-15)13-22-19(25)20-23-18(24-28-20)14-10-11-16(26-3)17(12-14)27-4/h5-12H,13H2,1-4H3,(H,22,25). The van der Waals surface area contributed by atoms with Crippen molar-refractivity contribution in [3.05, 3.63) is 60.0 Å². The van der Waals surface area contributed by atoms with Crippen LogP contribution in [0.25, 0.3) is 11.4 Å². The molecule has 28 heavy (non-hydrogen) atoms. The van der Waals surface area contributed by atoms with Crippen LogP contribution in [0.4, 0.5) is 0 Å². The van der Waals surface area contributed by atoms with Crippen molar-refractivity contribution >= 4 is 5.91 Å². The summed E-state index contributed by atoms with van der Waals surface area (Å²) in [5.41, 5.74) is 1.56. The highest BCUT2D eigenvalue weighted by atomic mass is 16.5. The van der Waals surface area contributed by atoms with Crippen LogP contribution in [-0.4, -0.2) is 36.8 Å². The van der Waals surface area contributed by atoms with E-state index in [0.717, 1.165) is 5.56 Å². The topological polar surface area (TPSA) is 86.5 Å². The van der Waals surface area contributed by atoms with E-state index in [-0.39, 0.29) is 11.3 Å². The average Bonchev–Trinajstić information content (AvgIpc) is 3.22. The van der Waals surface area contributed by atoms with Gasteiger partial charge in [-0.25, -0.2) is 0 Å². The summed E-state index contributed by atoms with van der Waals surface area (Å²) in [5, 5.41) is 6.76. The molecule has 0 saturated carbocycles. The summed E-state index contributed by atoms with van der Waals surface area (Å²) in [6.45, 7) is 4.56. The number of benzene rings is 2. The Morgan fingerprint density at radius 1 is 1.07 bits per heavy atom. The van der Waals surface area contributed by atoms with Crippen molar-refractivity contribution in [2.75, 3.05) is 20.8 Å². The summed E-state index contributed by atoms with van der Waals surface area (Å²) in [7, 11) is 3.11. The number of rotatable bonds is 7. The summed E-state index contributed by atoms with van der Waals surface area (Å²) in [6, 6.07) is 15.2. The lowest BCUT2D eigenvalue weighted by Gasteiger charge is -2.25. The first-order valence-electron chi connectivity index (χ1n) is 8.84. The molecule has 146 valence electrons. The van der Waals surface area contributed by atoms with Crippen LogP contribution in [0.1, 0.15) is 30.1 Å². The summed E-state index contributed by atoms with van der Waals surface area (Å²) >= 11 is 0. The van der Waals surface area contributed by atoms with E-state index in [4.69, 9.17) is 14.0 Å². The third kappa shape index (κ3) is 4.14. The number of aromatic nitrogens is 2. The van der Waals surface area contributed by atoms with Crippen molar-refractivity contribution in [1.82, 2.24) is 15.5 Å². The lowest BCUT2D eigenvalue weighted by atomic mass is 9.84. The number of ether oxygens (including phenoxy) is 2. The third-order valence-electron chi connectivity index (χ3n) is 4.51. The largest absolute Gasteiger partial charge is 0.493 e. The zero-order chi connectivity index (χ0) is 20.1. The number of carbonyl (C=O) groups excluding carboxylic acids is 1. The van der Waals surface area contributed by atoms with Gasteiger partial charge in [0.1, 0.15) is 0 Å². The summed E-state index contributed by atoms with van der Waals surface area (Å²) < 4.78 is 15.6. The molecule has 0 bridgehead atoms. The molecule has 3 aromatic rings. The average molecular weight is 381 g/mol. The minimum atomic E-state index is -0.414. The van der Waals surface area contributed by atoms with Gasteiger partial charge in [0.25, 0.3) is 0 Å². The maximum atomic E-state index is 12.4. The molecule has 1 N–H and O–H groups in total. The molecular formula is C21H23N3O4. The van der Waals surface area contributed by atoms with Gasteiger partial charge in [0.05, 0.1) is 14.2 Å². The van der Waals surface area contributed by atoms with Crippen LogP contribution in [0.15, 0.2) is 53.1 Å². The number of amides is 1. The number of carbonyl (C=O) groups is 1. The zero-order valence-electron chi connectivity index (χ0n) is 16.4. The molecule has 0 radical (unpaired) electrons. The van der Waals surface area contributed by atoms with E-state index in [0.29, 0.717) is 29.4 Å². The fourth-order valence-corrected chi connectivity index (χ4v) is 2.78. The highest BCUT2D eigenvalue weighted by Gasteiger charge is 2.23. The van der Waals surface area contributed by atoms with Crippen molar-refractivity contribution in [3.63, 3.8) is 0 Å². The van der Waals surface area contributed by atoms with Crippen LogP contribution in [-0.2, 0) is 5.41 Å². The van der Waals surface area contributed by atoms with Crippen LogP contribution >= 0.6 is 0 Å². The first kappa shape index (κ1) is 19.4. The van der Waals surface area contributed by atoms with Crippen LogP contribution in [0.5, 0.6) is 11.5 Å². The van der Waals surface area contributed by atoms with Gasteiger partial charge < -0.3 is 19.3 Å². The van der Waals surface area contributed by atoms with Gasteiger partial charge >= 0.3 is 11.8 Å². The smallest absolute Gasteiger partial charge is 0.316 e. The monoisotopic (exact) mass is 381 g/mol. The predicted octanol–water partition coefficient (Wildman–Crippen LogP) is 3.46. The molecule has 7 nitrogen and oxygen atoms in total. The Labute approximate surface area is 163 Å². The third-order valence-corrected chi connectivity index (χ3v) is 4.51. The molecule has 0 unspecified atom stereocenters. The van der Waals surface area contributed by atoms with Crippen molar-refractivity contribution in [3.8, 4) is 22.9 Å². The molecule has 0 aliphatic rings. The Morgan fingerprint density at radius 2 is 1.79 bits per heavy atom. The normalized spacial score (nSPS) is 11.1. The van der Waals surface area contributed by atoms with Gasteiger partial charge in [-0.2, -0.15) is 4.98 Å². The second kappa shape index (κ2) is 8.12. The van der Waals surface area contributed by atoms with Crippen molar-refractivity contribution in [2.24, 2.45) is 0 Å². The quantitative estimate of drug-likeness (QED) is 0.674. The Hall–Kier alpha value is -3.35. The number of methoxy groups -OCH3 is 2. The maximum Gasteiger partial charge on any atom is 0.316 e. The molecule has 0 aliphatic heterocycles. The van der Waals surface area contributed by atoms with Gasteiger partial charge in [0.15, 0.2) is 11.5 Å². The van der Waals surface area contributed by atoms with Crippen molar-refractivity contribution in [1.29, 1.82) is 0 Å². The van der Waals surface area contributed by atoms with E-state index < -0.39 is 5.91 Å². The first-order valence-corrected chi connectivity index (χ1v) is 8.84. The Kier molecular flexibility index (Phi) is 5.63. The zero-order valence-corrected chi connectivity index (χ0v) is 16.4. The van der Waals surface area contributed by atoms with Crippen LogP contribution in [0.2, 0.25) is 0 Å². The Balaban J connectivity index is 1.71. The number of nitrogens with one attached hydrogen (secondary N) is 1. The van der Waals surface area contributed by atoms with Gasteiger partial charge in [-0.05, 0) is 23.8 Å². The second-order valence-electron chi connectivity index (χ2n) is 6.93. The predicted molar refractivity (Wildman–Crippen MR) is 105 cm³/mol. The van der Waals surface area contributed by atoms with Gasteiger partial charge in [-0.3, -0.25) is 4.79 Å². The van der Waals surface area contributed by atoms with E-state index in [9.17, 15) is 4.79 Å². The highest BCUT2D eigenvalue weighted by Crippen LogP contribution is 2.31. The van der Waals surface area contributed by atoms with E-state index in [2.05, 4.69) is 29.3 Å². The van der Waals surface area contributed by atoms with Crippen molar-refractivity contribution in [2.45, 2.75) is 19.3 Å². The van der Waals surface area contributed by atoms with Crippen LogP contribution < -0.4 is 14.8 Å². The highest BCUT2D eigenvalue weighted by molar-refractivity contribution is 5.90. The maximum absolute atomic E-state index is 12.4. The molecular weight excluding hydrogens is 358 g/mol. The molecule has 0 aliphatic carbocycles. The minimum absolute atomic E-state index is 0.0892. The fourth-order valence-electron chi connectivity index (χ4n) is 2.78. The van der Waals surface area contributed by atoms with Gasteiger partial charge in [0.2, 0.25) is 5.82 Å². The van der Waals surface area contributed by atoms with Crippen molar-refractivity contribution < 1.29 is 18.8 Å². The van der Waals surface area contributed by atoms with Gasteiger partial charge in [0, 0.05) is 17.5 Å². The Morgan fingerprint density at radius 3 is 2.46 bits per heavy atom. The molecule has 1 heterocycles. The van der Waals surface area contributed by atoms with E-state index in [1.807, 2.05) is 30.3 Å². The summed E-state index contributed by atoms with van der Waals surface area (Å²) in [4.78, 5) is 16.6. The molecule has 7 heteroatoms. The lowest BCUT2D eigenvalue weighted by Crippen LogP contribution is -2.36. The molecule has 0 saturated heterocycles. The number of hydrogen-bond donors (Lipinski definition) is 1. The molecule has 0 atom stereocenters. The molecule has 1 aromatic heterocycles. The number of hydrogen-bond acceptors (Lipinski definition) is 6. The minimum Gasteiger partial charge on any atom is -0.493 e. The molecule has 0 spiro atoms. The van der Waals surface area contributed by atoms with Gasteiger partial charge in [-0.15, -0.1) is 0 Å². The van der Waals surface area contributed by atoms with Crippen LogP contribution in [0, 0.1) is 0 Å². The van der Waals surface area contributed by atoms with E-state index in [1.54, 1.807) is 32.4 Å². The molecule has 3 rings (SSSR count). The molecule has 0 fully saturated rings. The van der Waals surface area contributed by atoms with Gasteiger partial charge in [-0.1, -0.05) is 49.3 Å². The van der Waals surface area contributed by atoms with E-state index in [1.165, 1.54) is 0 Å². The summed E-state index contributed by atoms with van der Waals surface area (Å²) in [5.74, 6) is 0.932. The lowest BCUT2D eigenvalue weighted by molar-refractivity contribution is 0.0901. The molecule has 1 amide bonds. The number of nitrogens with zero attached hydrogens (tertiary/aromatic N) is 2. The second-order valence-corrected chi connectivity index (χ2v) is 6.93. The first-order chi connectivity index (χ1) is 13.4. The SMILES string of the molecule is COc1ccc(-c2noc(C(=O)NCC(C)(C)c3ccccc3)n2)cc1OC. The Bertz CT molecular complexity index is 951.